The number of benzene rings is 1. The van der Waals surface area contributed by atoms with Crippen LogP contribution >= 0.6 is 24.0 Å². The van der Waals surface area contributed by atoms with Crippen LogP contribution in [-0.2, 0) is 0 Å². The number of ether oxygens (including phenoxy) is 1. The fraction of sp³-hybridized carbons (Fsp3) is 0.588. The summed E-state index contributed by atoms with van der Waals surface area (Å²) in [5.74, 6) is 1.89. The summed E-state index contributed by atoms with van der Waals surface area (Å²) in [6.07, 6.45) is 4.97. The van der Waals surface area contributed by atoms with Gasteiger partial charge in [0.2, 0.25) is 0 Å². The van der Waals surface area contributed by atoms with Crippen molar-refractivity contribution in [3.63, 3.8) is 0 Å². The molecule has 0 bridgehead atoms. The zero-order valence-corrected chi connectivity index (χ0v) is 16.2. The average molecular weight is 430 g/mol. The Morgan fingerprint density at radius 2 is 1.91 bits per heavy atom. The number of halogens is 1. The van der Waals surface area contributed by atoms with E-state index in [0.717, 1.165) is 31.2 Å². The highest BCUT2D eigenvalue weighted by Gasteiger charge is 2.26. The molecule has 0 radical (unpaired) electrons. The average Bonchev–Trinajstić information content (AvgIpc) is 2.97. The fourth-order valence-electron chi connectivity index (χ4n) is 3.10. The second kappa shape index (κ2) is 8.61. The van der Waals surface area contributed by atoms with Crippen molar-refractivity contribution in [1.29, 1.82) is 0 Å². The molecule has 5 nitrogen and oxygen atoms in total. The van der Waals surface area contributed by atoms with Crippen LogP contribution in [0.1, 0.15) is 25.7 Å². The number of anilines is 1. The number of para-hydroxylation sites is 2. The Kier molecular flexibility index (Phi) is 6.80. The van der Waals surface area contributed by atoms with Crippen LogP contribution in [0.5, 0.6) is 5.75 Å². The van der Waals surface area contributed by atoms with E-state index in [9.17, 15) is 0 Å². The van der Waals surface area contributed by atoms with Crippen molar-refractivity contribution in [1.82, 2.24) is 10.6 Å². The van der Waals surface area contributed by atoms with E-state index in [1.165, 1.54) is 24.9 Å². The van der Waals surface area contributed by atoms with Gasteiger partial charge in [-0.25, -0.2) is 0 Å². The highest BCUT2D eigenvalue weighted by molar-refractivity contribution is 14.0. The number of rotatable bonds is 4. The van der Waals surface area contributed by atoms with Crippen molar-refractivity contribution >= 4 is 35.6 Å². The smallest absolute Gasteiger partial charge is 0.191 e. The second-order valence-corrected chi connectivity index (χ2v) is 6.09. The molecular weight excluding hydrogens is 403 g/mol. The number of nitrogens with one attached hydrogen (secondary N) is 2. The van der Waals surface area contributed by atoms with Gasteiger partial charge in [-0.05, 0) is 37.8 Å². The maximum absolute atomic E-state index is 5.47. The standard InChI is InChI=1S/C17H26N4O.HI/c1-18-17(19-13-6-5-7-13)20-14-10-11-21(12-14)15-8-3-4-9-16(15)22-2;/h3-4,8-9,13-14H,5-7,10-12H2,1-2H3,(H2,18,19,20);1H. The first-order valence-corrected chi connectivity index (χ1v) is 8.18. The summed E-state index contributed by atoms with van der Waals surface area (Å²) in [6, 6.07) is 9.26. The van der Waals surface area contributed by atoms with E-state index in [4.69, 9.17) is 4.74 Å². The molecule has 1 saturated heterocycles. The first-order valence-electron chi connectivity index (χ1n) is 8.18. The molecule has 1 aromatic rings. The summed E-state index contributed by atoms with van der Waals surface area (Å²) in [5.41, 5.74) is 1.18. The Labute approximate surface area is 155 Å². The van der Waals surface area contributed by atoms with Crippen LogP contribution in [0, 0.1) is 0 Å². The fourth-order valence-corrected chi connectivity index (χ4v) is 3.10. The molecule has 3 rings (SSSR count). The summed E-state index contributed by atoms with van der Waals surface area (Å²) in [7, 11) is 3.58. The lowest BCUT2D eigenvalue weighted by atomic mass is 9.93. The zero-order chi connectivity index (χ0) is 15.4. The van der Waals surface area contributed by atoms with Gasteiger partial charge in [0, 0.05) is 32.2 Å². The van der Waals surface area contributed by atoms with Crippen LogP contribution in [0.15, 0.2) is 29.3 Å². The molecule has 0 amide bonds. The molecule has 1 aliphatic carbocycles. The molecule has 0 spiro atoms. The summed E-state index contributed by atoms with van der Waals surface area (Å²) in [5, 5.41) is 7.06. The summed E-state index contributed by atoms with van der Waals surface area (Å²) in [4.78, 5) is 6.74. The highest BCUT2D eigenvalue weighted by atomic mass is 127. The largest absolute Gasteiger partial charge is 0.495 e. The van der Waals surface area contributed by atoms with E-state index < -0.39 is 0 Å². The number of hydrogen-bond donors (Lipinski definition) is 2. The molecule has 1 saturated carbocycles. The molecule has 1 unspecified atom stereocenters. The van der Waals surface area contributed by atoms with E-state index in [0.29, 0.717) is 12.1 Å². The Hall–Kier alpha value is -1.18. The van der Waals surface area contributed by atoms with Crippen molar-refractivity contribution in [3.8, 4) is 5.75 Å². The lowest BCUT2D eigenvalue weighted by molar-refractivity contribution is 0.378. The summed E-state index contributed by atoms with van der Waals surface area (Å²) >= 11 is 0. The molecule has 128 valence electrons. The minimum atomic E-state index is 0. The summed E-state index contributed by atoms with van der Waals surface area (Å²) in [6.45, 7) is 2.02. The Morgan fingerprint density at radius 1 is 1.17 bits per heavy atom. The third-order valence-corrected chi connectivity index (χ3v) is 4.62. The van der Waals surface area contributed by atoms with Gasteiger partial charge in [-0.3, -0.25) is 4.99 Å². The molecular formula is C17H27IN4O. The van der Waals surface area contributed by atoms with E-state index >= 15 is 0 Å². The Balaban J connectivity index is 0.00000192. The Morgan fingerprint density at radius 3 is 2.57 bits per heavy atom. The van der Waals surface area contributed by atoms with Gasteiger partial charge in [0.15, 0.2) is 5.96 Å². The van der Waals surface area contributed by atoms with Gasteiger partial charge in [-0.1, -0.05) is 12.1 Å². The molecule has 1 aliphatic heterocycles. The maximum Gasteiger partial charge on any atom is 0.191 e. The zero-order valence-electron chi connectivity index (χ0n) is 13.9. The molecule has 2 fully saturated rings. The predicted octanol–water partition coefficient (Wildman–Crippen LogP) is 2.61. The second-order valence-electron chi connectivity index (χ2n) is 6.09. The first-order chi connectivity index (χ1) is 10.8. The molecule has 1 atom stereocenters. The molecule has 0 aromatic heterocycles. The van der Waals surface area contributed by atoms with Gasteiger partial charge in [-0.2, -0.15) is 0 Å². The molecule has 23 heavy (non-hydrogen) atoms. The van der Waals surface area contributed by atoms with Crippen LogP contribution in [0.4, 0.5) is 5.69 Å². The van der Waals surface area contributed by atoms with E-state index in [2.05, 4.69) is 32.7 Å². The lowest BCUT2D eigenvalue weighted by Gasteiger charge is -2.29. The highest BCUT2D eigenvalue weighted by Crippen LogP contribution is 2.30. The number of aliphatic imine (C=N–C) groups is 1. The van der Waals surface area contributed by atoms with E-state index in [1.807, 2.05) is 19.2 Å². The van der Waals surface area contributed by atoms with Crippen molar-refractivity contribution in [2.75, 3.05) is 32.1 Å². The minimum absolute atomic E-state index is 0. The normalized spacial score (nSPS) is 21.4. The van der Waals surface area contributed by atoms with Gasteiger partial charge in [-0.15, -0.1) is 24.0 Å². The van der Waals surface area contributed by atoms with Crippen molar-refractivity contribution < 1.29 is 4.74 Å². The molecule has 1 heterocycles. The third-order valence-electron chi connectivity index (χ3n) is 4.62. The first kappa shape index (κ1) is 18.2. The number of hydrogen-bond acceptors (Lipinski definition) is 3. The van der Waals surface area contributed by atoms with Crippen LogP contribution in [0.3, 0.4) is 0 Å². The van der Waals surface area contributed by atoms with Crippen molar-refractivity contribution in [2.24, 2.45) is 4.99 Å². The van der Waals surface area contributed by atoms with E-state index in [-0.39, 0.29) is 24.0 Å². The van der Waals surface area contributed by atoms with Crippen LogP contribution in [-0.4, -0.2) is 45.3 Å². The SMILES string of the molecule is CN=C(NC1CCC1)NC1CCN(c2ccccc2OC)C1.I. The monoisotopic (exact) mass is 430 g/mol. The number of methoxy groups -OCH3 is 1. The minimum Gasteiger partial charge on any atom is -0.495 e. The predicted molar refractivity (Wildman–Crippen MR) is 106 cm³/mol. The maximum atomic E-state index is 5.47. The topological polar surface area (TPSA) is 48.9 Å². The van der Waals surface area contributed by atoms with Crippen LogP contribution in [0.2, 0.25) is 0 Å². The third kappa shape index (κ3) is 4.43. The summed E-state index contributed by atoms with van der Waals surface area (Å²) < 4.78 is 5.47. The van der Waals surface area contributed by atoms with Crippen LogP contribution < -0.4 is 20.3 Å². The molecule has 2 N–H and O–H groups in total. The van der Waals surface area contributed by atoms with Gasteiger partial charge < -0.3 is 20.3 Å². The van der Waals surface area contributed by atoms with Gasteiger partial charge in [0.05, 0.1) is 12.8 Å². The Bertz CT molecular complexity index is 533. The van der Waals surface area contributed by atoms with E-state index in [1.54, 1.807) is 7.11 Å². The molecule has 2 aliphatic rings. The molecule has 6 heteroatoms. The van der Waals surface area contributed by atoms with Crippen molar-refractivity contribution in [2.45, 2.75) is 37.8 Å². The van der Waals surface area contributed by atoms with Crippen molar-refractivity contribution in [3.05, 3.63) is 24.3 Å². The lowest BCUT2D eigenvalue weighted by Crippen LogP contribution is -2.50. The molecule has 1 aromatic carbocycles. The van der Waals surface area contributed by atoms with Crippen LogP contribution in [0.25, 0.3) is 0 Å². The number of guanidine groups is 1. The number of nitrogens with zero attached hydrogens (tertiary/aromatic N) is 2. The quantitative estimate of drug-likeness (QED) is 0.438. The van der Waals surface area contributed by atoms with Gasteiger partial charge >= 0.3 is 0 Å². The van der Waals surface area contributed by atoms with Gasteiger partial charge in [0.1, 0.15) is 5.75 Å². The van der Waals surface area contributed by atoms with Gasteiger partial charge in [0.25, 0.3) is 0 Å².